The Hall–Kier alpha value is -1.63. The second-order valence-corrected chi connectivity index (χ2v) is 7.47. The van der Waals surface area contributed by atoms with E-state index in [1.807, 2.05) is 18.3 Å². The van der Waals surface area contributed by atoms with E-state index in [0.29, 0.717) is 18.3 Å². The average molecular weight is 380 g/mol. The molecule has 0 aliphatic carbocycles. The van der Waals surface area contributed by atoms with Crippen LogP contribution in [0, 0.1) is 5.92 Å². The maximum atomic E-state index is 12.1. The van der Waals surface area contributed by atoms with Gasteiger partial charge in [0.1, 0.15) is 5.82 Å². The third-order valence-electron chi connectivity index (χ3n) is 5.00. The topological polar surface area (TPSA) is 74.8 Å². The maximum Gasteiger partial charge on any atom is 0.231 e. The highest BCUT2D eigenvalue weighted by Crippen LogP contribution is 2.37. The summed E-state index contributed by atoms with van der Waals surface area (Å²) < 4.78 is 1.04. The van der Waals surface area contributed by atoms with Crippen LogP contribution < -0.4 is 10.6 Å². The van der Waals surface area contributed by atoms with E-state index >= 15 is 0 Å². The Morgan fingerprint density at radius 2 is 2.09 bits per heavy atom. The highest BCUT2D eigenvalue weighted by Gasteiger charge is 2.42. The number of aromatic nitrogens is 1. The lowest BCUT2D eigenvalue weighted by Crippen LogP contribution is -2.53. The van der Waals surface area contributed by atoms with Crippen molar-refractivity contribution in [1.82, 2.24) is 9.88 Å². The lowest BCUT2D eigenvalue weighted by Gasteiger charge is -2.43. The molecule has 1 aromatic heterocycles. The van der Waals surface area contributed by atoms with E-state index in [0.717, 1.165) is 36.2 Å². The summed E-state index contributed by atoms with van der Waals surface area (Å²) in [7, 11) is 1.68. The minimum absolute atomic E-state index is 0.0519. The van der Waals surface area contributed by atoms with Gasteiger partial charge in [-0.15, -0.1) is 0 Å². The van der Waals surface area contributed by atoms with Crippen LogP contribution in [0.2, 0.25) is 0 Å². The fourth-order valence-corrected chi connectivity index (χ4v) is 3.78. The Balaban J connectivity index is 1.70. The van der Waals surface area contributed by atoms with Gasteiger partial charge in [0.15, 0.2) is 5.96 Å². The van der Waals surface area contributed by atoms with E-state index in [1.54, 1.807) is 7.05 Å². The lowest BCUT2D eigenvalue weighted by molar-refractivity contribution is -0.129. The number of rotatable bonds is 2. The SMILES string of the molecule is CN1C(=O)C[C@@](C)(C2CCN(c3cc(Br)ccn3)CC2)N=C1N. The zero-order chi connectivity index (χ0) is 16.6. The monoisotopic (exact) mass is 379 g/mol. The third kappa shape index (κ3) is 3.20. The first-order chi connectivity index (χ1) is 10.9. The molecule has 0 unspecified atom stereocenters. The Morgan fingerprint density at radius 3 is 2.70 bits per heavy atom. The quantitative estimate of drug-likeness (QED) is 0.852. The van der Waals surface area contributed by atoms with Crippen molar-refractivity contribution in [2.24, 2.45) is 16.6 Å². The molecule has 1 fully saturated rings. The Labute approximate surface area is 144 Å². The number of nitrogens with zero attached hydrogens (tertiary/aromatic N) is 4. The number of anilines is 1. The first-order valence-corrected chi connectivity index (χ1v) is 8.67. The van der Waals surface area contributed by atoms with Crippen LogP contribution in [0.3, 0.4) is 0 Å². The number of nitrogens with two attached hydrogens (primary N) is 1. The third-order valence-corrected chi connectivity index (χ3v) is 5.50. The minimum Gasteiger partial charge on any atom is -0.369 e. The van der Waals surface area contributed by atoms with Gasteiger partial charge >= 0.3 is 0 Å². The van der Waals surface area contributed by atoms with Gasteiger partial charge in [0, 0.05) is 30.8 Å². The van der Waals surface area contributed by atoms with Crippen molar-refractivity contribution in [1.29, 1.82) is 0 Å². The average Bonchev–Trinajstić information content (AvgIpc) is 2.53. The van der Waals surface area contributed by atoms with Crippen LogP contribution in [-0.4, -0.2) is 47.4 Å². The number of hydrogen-bond donors (Lipinski definition) is 1. The summed E-state index contributed by atoms with van der Waals surface area (Å²) in [4.78, 5) is 24.9. The molecule has 2 aliphatic rings. The fraction of sp³-hybridized carbons (Fsp3) is 0.562. The lowest BCUT2D eigenvalue weighted by atomic mass is 9.76. The standard InChI is InChI=1S/C16H22BrN5O/c1-16(10-14(23)21(2)15(18)20-16)11-4-7-22(8-5-11)13-9-12(17)3-6-19-13/h3,6,9,11H,4-5,7-8,10H2,1-2H3,(H2,18,20)/t16-/m0/s1. The molecule has 1 amide bonds. The smallest absolute Gasteiger partial charge is 0.231 e. The van der Waals surface area contributed by atoms with Gasteiger partial charge in [-0.05, 0) is 37.8 Å². The predicted octanol–water partition coefficient (Wildman–Crippen LogP) is 2.00. The van der Waals surface area contributed by atoms with Gasteiger partial charge < -0.3 is 10.6 Å². The van der Waals surface area contributed by atoms with Crippen LogP contribution in [0.25, 0.3) is 0 Å². The fourth-order valence-electron chi connectivity index (χ4n) is 3.46. The predicted molar refractivity (Wildman–Crippen MR) is 94.3 cm³/mol. The van der Waals surface area contributed by atoms with Gasteiger partial charge in [-0.25, -0.2) is 9.98 Å². The van der Waals surface area contributed by atoms with Crippen molar-refractivity contribution in [3.63, 3.8) is 0 Å². The molecule has 0 aromatic carbocycles. The van der Waals surface area contributed by atoms with Crippen molar-refractivity contribution in [2.45, 2.75) is 31.7 Å². The molecule has 0 saturated carbocycles. The van der Waals surface area contributed by atoms with Crippen molar-refractivity contribution in [2.75, 3.05) is 25.0 Å². The summed E-state index contributed by atoms with van der Waals surface area (Å²) in [5.74, 6) is 1.74. The van der Waals surface area contributed by atoms with Gasteiger partial charge in [-0.1, -0.05) is 15.9 Å². The molecule has 124 valence electrons. The molecule has 0 bridgehead atoms. The summed E-state index contributed by atoms with van der Waals surface area (Å²) >= 11 is 3.49. The molecule has 1 saturated heterocycles. The Bertz CT molecular complexity index is 641. The molecule has 2 N–H and O–H groups in total. The molecule has 3 rings (SSSR count). The normalized spacial score (nSPS) is 26.4. The van der Waals surface area contributed by atoms with Crippen molar-refractivity contribution in [3.05, 3.63) is 22.8 Å². The van der Waals surface area contributed by atoms with Gasteiger partial charge in [0.2, 0.25) is 5.91 Å². The molecular formula is C16H22BrN5O. The summed E-state index contributed by atoms with van der Waals surface area (Å²) in [6, 6.07) is 3.97. The van der Waals surface area contributed by atoms with Gasteiger partial charge in [-0.3, -0.25) is 9.69 Å². The molecule has 3 heterocycles. The van der Waals surface area contributed by atoms with Crippen molar-refractivity contribution < 1.29 is 4.79 Å². The molecule has 23 heavy (non-hydrogen) atoms. The number of amides is 1. The van der Waals surface area contributed by atoms with E-state index in [-0.39, 0.29) is 11.4 Å². The van der Waals surface area contributed by atoms with E-state index in [9.17, 15) is 4.79 Å². The molecule has 0 spiro atoms. The zero-order valence-electron chi connectivity index (χ0n) is 13.5. The van der Waals surface area contributed by atoms with Crippen LogP contribution in [0.4, 0.5) is 5.82 Å². The second kappa shape index (κ2) is 6.11. The minimum atomic E-state index is -0.384. The number of carbonyl (C=O) groups is 1. The Kier molecular flexibility index (Phi) is 4.31. The second-order valence-electron chi connectivity index (χ2n) is 6.55. The van der Waals surface area contributed by atoms with Crippen molar-refractivity contribution >= 4 is 33.6 Å². The van der Waals surface area contributed by atoms with E-state index in [1.165, 1.54) is 4.90 Å². The number of hydrogen-bond acceptors (Lipinski definition) is 5. The molecule has 7 heteroatoms. The number of halogens is 1. The number of aliphatic imine (C=N–C) groups is 1. The molecule has 2 aliphatic heterocycles. The summed E-state index contributed by atoms with van der Waals surface area (Å²) in [5.41, 5.74) is 5.53. The van der Waals surface area contributed by atoms with Gasteiger partial charge in [-0.2, -0.15) is 0 Å². The zero-order valence-corrected chi connectivity index (χ0v) is 15.1. The van der Waals surface area contributed by atoms with Crippen LogP contribution in [0.15, 0.2) is 27.8 Å². The highest BCUT2D eigenvalue weighted by molar-refractivity contribution is 9.10. The van der Waals surface area contributed by atoms with E-state index < -0.39 is 0 Å². The molecular weight excluding hydrogens is 358 g/mol. The van der Waals surface area contributed by atoms with Crippen molar-refractivity contribution in [3.8, 4) is 0 Å². The highest BCUT2D eigenvalue weighted by atomic mass is 79.9. The number of piperidine rings is 1. The number of carbonyl (C=O) groups excluding carboxylic acids is 1. The summed E-state index contributed by atoms with van der Waals surface area (Å²) in [5, 5.41) is 0. The van der Waals surface area contributed by atoms with E-state index in [2.05, 4.69) is 37.7 Å². The largest absolute Gasteiger partial charge is 0.369 e. The molecule has 1 atom stereocenters. The van der Waals surface area contributed by atoms with Crippen LogP contribution in [0.1, 0.15) is 26.2 Å². The van der Waals surface area contributed by atoms with E-state index in [4.69, 9.17) is 5.73 Å². The number of pyridine rings is 1. The molecule has 1 aromatic rings. The number of guanidine groups is 1. The van der Waals surface area contributed by atoms with Crippen LogP contribution >= 0.6 is 15.9 Å². The summed E-state index contributed by atoms with van der Waals surface area (Å²) in [6.07, 6.45) is 4.22. The van der Waals surface area contributed by atoms with Gasteiger partial charge in [0.05, 0.1) is 12.0 Å². The summed E-state index contributed by atoms with van der Waals surface area (Å²) in [6.45, 7) is 3.90. The first kappa shape index (κ1) is 16.2. The van der Waals surface area contributed by atoms with Crippen LogP contribution in [0.5, 0.6) is 0 Å². The Morgan fingerprint density at radius 1 is 1.39 bits per heavy atom. The molecule has 0 radical (unpaired) electrons. The van der Waals surface area contributed by atoms with Gasteiger partial charge in [0.25, 0.3) is 0 Å². The molecule has 6 nitrogen and oxygen atoms in total. The first-order valence-electron chi connectivity index (χ1n) is 7.87. The van der Waals surface area contributed by atoms with Crippen LogP contribution in [-0.2, 0) is 4.79 Å². The maximum absolute atomic E-state index is 12.1.